The second-order valence-electron chi connectivity index (χ2n) is 3.25. The van der Waals surface area contributed by atoms with E-state index in [1.54, 1.807) is 25.1 Å². The number of hydrogen-bond donors (Lipinski definition) is 0. The van der Waals surface area contributed by atoms with Crippen molar-refractivity contribution in [1.29, 1.82) is 0 Å². The van der Waals surface area contributed by atoms with Crippen LogP contribution in [-0.4, -0.2) is 29.6 Å². The molecule has 0 aliphatic heterocycles. The highest BCUT2D eigenvalue weighted by Crippen LogP contribution is 2.31. The molecule has 1 aromatic carbocycles. The molecule has 0 saturated carbocycles. The van der Waals surface area contributed by atoms with Gasteiger partial charge in [0.05, 0.1) is 29.6 Å². The first-order chi connectivity index (χ1) is 8.19. The van der Waals surface area contributed by atoms with Crippen molar-refractivity contribution in [2.24, 2.45) is 0 Å². The second kappa shape index (κ2) is 4.63. The zero-order chi connectivity index (χ0) is 12.4. The van der Waals surface area contributed by atoms with Gasteiger partial charge in [-0.1, -0.05) is 17.7 Å². The number of halogens is 1. The van der Waals surface area contributed by atoms with E-state index in [-0.39, 0.29) is 6.61 Å². The van der Waals surface area contributed by atoms with Crippen LogP contribution in [0, 0.1) is 0 Å². The molecule has 0 amide bonds. The van der Waals surface area contributed by atoms with Crippen molar-refractivity contribution in [3.8, 4) is 5.88 Å². The van der Waals surface area contributed by atoms with E-state index in [9.17, 15) is 4.79 Å². The Balaban J connectivity index is 2.65. The summed E-state index contributed by atoms with van der Waals surface area (Å²) in [7, 11) is 1.47. The molecule has 0 radical (unpaired) electrons. The maximum Gasteiger partial charge on any atom is 0.435 e. The lowest BCUT2D eigenvalue weighted by Gasteiger charge is -2.01. The molecule has 0 aliphatic carbocycles. The predicted molar refractivity (Wildman–Crippen MR) is 63.7 cm³/mol. The zero-order valence-corrected chi connectivity index (χ0v) is 10.2. The first-order valence-electron chi connectivity index (χ1n) is 5.07. The summed E-state index contributed by atoms with van der Waals surface area (Å²) in [5.74, 6) is 0.304. The van der Waals surface area contributed by atoms with Crippen molar-refractivity contribution in [3.05, 3.63) is 23.2 Å². The van der Waals surface area contributed by atoms with Crippen molar-refractivity contribution < 1.29 is 14.3 Å². The average Bonchev–Trinajstić information content (AvgIpc) is 2.69. The third-order valence-corrected chi connectivity index (χ3v) is 2.57. The van der Waals surface area contributed by atoms with E-state index in [4.69, 9.17) is 21.1 Å². The van der Waals surface area contributed by atoms with Crippen LogP contribution in [0.2, 0.25) is 5.02 Å². The molecule has 1 heterocycles. The summed E-state index contributed by atoms with van der Waals surface area (Å²) in [6.07, 6.45) is -0.553. The molecule has 1 aromatic heterocycles. The van der Waals surface area contributed by atoms with Gasteiger partial charge in [0.1, 0.15) is 0 Å². The number of rotatable bonds is 2. The molecular weight excluding hydrogens is 244 g/mol. The number of carbonyl (C=O) groups excluding carboxylic acids is 1. The van der Waals surface area contributed by atoms with E-state index in [1.807, 2.05) is 0 Å². The highest BCUT2D eigenvalue weighted by atomic mass is 35.5. The van der Waals surface area contributed by atoms with Crippen molar-refractivity contribution in [2.45, 2.75) is 6.92 Å². The zero-order valence-electron chi connectivity index (χ0n) is 9.44. The number of benzene rings is 1. The van der Waals surface area contributed by atoms with Gasteiger partial charge in [-0.05, 0) is 19.1 Å². The quantitative estimate of drug-likeness (QED) is 0.827. The SMILES string of the molecule is CCOC(=O)n1nc(OC)c2c(Cl)cccc21. The Kier molecular flexibility index (Phi) is 3.19. The molecule has 0 unspecified atom stereocenters. The van der Waals surface area contributed by atoms with Gasteiger partial charge in [0.2, 0.25) is 5.88 Å². The molecule has 17 heavy (non-hydrogen) atoms. The Morgan fingerprint density at radius 2 is 2.29 bits per heavy atom. The molecular formula is C11H11ClN2O3. The maximum atomic E-state index is 11.7. The monoisotopic (exact) mass is 254 g/mol. The fraction of sp³-hybridized carbons (Fsp3) is 0.273. The second-order valence-corrected chi connectivity index (χ2v) is 3.66. The lowest BCUT2D eigenvalue weighted by molar-refractivity contribution is 0.151. The van der Waals surface area contributed by atoms with Gasteiger partial charge in [-0.2, -0.15) is 4.68 Å². The minimum absolute atomic E-state index is 0.281. The van der Waals surface area contributed by atoms with Gasteiger partial charge in [0.15, 0.2) is 0 Å². The number of ether oxygens (including phenoxy) is 2. The molecule has 6 heteroatoms. The first kappa shape index (κ1) is 11.7. The van der Waals surface area contributed by atoms with Crippen LogP contribution in [0.25, 0.3) is 10.9 Å². The number of aromatic nitrogens is 2. The summed E-state index contributed by atoms with van der Waals surface area (Å²) in [5, 5.41) is 5.11. The minimum atomic E-state index is -0.553. The van der Waals surface area contributed by atoms with Gasteiger partial charge in [0.25, 0.3) is 0 Å². The summed E-state index contributed by atoms with van der Waals surface area (Å²) < 4.78 is 11.1. The molecule has 90 valence electrons. The average molecular weight is 255 g/mol. The van der Waals surface area contributed by atoms with Crippen LogP contribution < -0.4 is 4.74 Å². The van der Waals surface area contributed by atoms with E-state index in [2.05, 4.69) is 5.10 Å². The van der Waals surface area contributed by atoms with Crippen molar-refractivity contribution >= 4 is 28.6 Å². The minimum Gasteiger partial charge on any atom is -0.479 e. The van der Waals surface area contributed by atoms with Gasteiger partial charge in [0, 0.05) is 0 Å². The Labute approximate surface area is 103 Å². The third kappa shape index (κ3) is 1.93. The van der Waals surface area contributed by atoms with Crippen molar-refractivity contribution in [1.82, 2.24) is 9.78 Å². The van der Waals surface area contributed by atoms with Crippen molar-refractivity contribution in [3.63, 3.8) is 0 Å². The van der Waals surface area contributed by atoms with E-state index in [0.717, 1.165) is 4.68 Å². The van der Waals surface area contributed by atoms with Gasteiger partial charge < -0.3 is 9.47 Å². The smallest absolute Gasteiger partial charge is 0.435 e. The number of fused-ring (bicyclic) bond motifs is 1. The Hall–Kier alpha value is -1.75. The number of methoxy groups -OCH3 is 1. The molecule has 0 atom stereocenters. The van der Waals surface area contributed by atoms with E-state index in [0.29, 0.717) is 21.8 Å². The largest absolute Gasteiger partial charge is 0.479 e. The lowest BCUT2D eigenvalue weighted by atomic mass is 10.2. The lowest BCUT2D eigenvalue weighted by Crippen LogP contribution is -2.14. The van der Waals surface area contributed by atoms with Gasteiger partial charge in [-0.25, -0.2) is 4.79 Å². The summed E-state index contributed by atoms with van der Waals surface area (Å²) in [6, 6.07) is 5.18. The highest BCUT2D eigenvalue weighted by molar-refractivity contribution is 6.36. The van der Waals surface area contributed by atoms with Gasteiger partial charge in [-0.3, -0.25) is 0 Å². The maximum absolute atomic E-state index is 11.7. The molecule has 0 aliphatic rings. The highest BCUT2D eigenvalue weighted by Gasteiger charge is 2.18. The van der Waals surface area contributed by atoms with E-state index in [1.165, 1.54) is 7.11 Å². The number of carbonyl (C=O) groups is 1. The van der Waals surface area contributed by atoms with E-state index < -0.39 is 6.09 Å². The van der Waals surface area contributed by atoms with Gasteiger partial charge in [-0.15, -0.1) is 5.10 Å². The van der Waals surface area contributed by atoms with Crippen molar-refractivity contribution in [2.75, 3.05) is 13.7 Å². The number of nitrogens with zero attached hydrogens (tertiary/aromatic N) is 2. The Bertz CT molecular complexity index is 565. The van der Waals surface area contributed by atoms with Crippen LogP contribution in [-0.2, 0) is 4.74 Å². The fourth-order valence-electron chi connectivity index (χ4n) is 1.56. The van der Waals surface area contributed by atoms with Crippen LogP contribution in [0.5, 0.6) is 5.88 Å². The van der Waals surface area contributed by atoms with E-state index >= 15 is 0 Å². The molecule has 0 bridgehead atoms. The Morgan fingerprint density at radius 3 is 2.94 bits per heavy atom. The Morgan fingerprint density at radius 1 is 1.53 bits per heavy atom. The molecule has 5 nitrogen and oxygen atoms in total. The number of hydrogen-bond acceptors (Lipinski definition) is 4. The molecule has 2 rings (SSSR count). The summed E-state index contributed by atoms with van der Waals surface area (Å²) in [5.41, 5.74) is 0.563. The molecule has 0 fully saturated rings. The topological polar surface area (TPSA) is 53.4 Å². The summed E-state index contributed by atoms with van der Waals surface area (Å²) in [4.78, 5) is 11.7. The molecule has 0 spiro atoms. The van der Waals surface area contributed by atoms with Crippen LogP contribution >= 0.6 is 11.6 Å². The molecule has 0 N–H and O–H groups in total. The van der Waals surface area contributed by atoms with Crippen LogP contribution in [0.1, 0.15) is 6.92 Å². The summed E-state index contributed by atoms with van der Waals surface area (Å²) in [6.45, 7) is 2.01. The fourth-order valence-corrected chi connectivity index (χ4v) is 1.81. The normalized spacial score (nSPS) is 10.5. The standard InChI is InChI=1S/C11H11ClN2O3/c1-3-17-11(15)14-8-6-4-5-7(12)9(8)10(13-14)16-2/h4-6H,3H2,1-2H3. The predicted octanol–water partition coefficient (Wildman–Crippen LogP) is 2.70. The van der Waals surface area contributed by atoms with Crippen LogP contribution in [0.15, 0.2) is 18.2 Å². The molecule has 0 saturated heterocycles. The van der Waals surface area contributed by atoms with Crippen LogP contribution in [0.3, 0.4) is 0 Å². The van der Waals surface area contributed by atoms with Crippen LogP contribution in [0.4, 0.5) is 4.79 Å². The molecule has 2 aromatic rings. The first-order valence-corrected chi connectivity index (χ1v) is 5.45. The third-order valence-electron chi connectivity index (χ3n) is 2.26. The summed E-state index contributed by atoms with van der Waals surface area (Å²) >= 11 is 6.05. The van der Waals surface area contributed by atoms with Gasteiger partial charge >= 0.3 is 6.09 Å².